The molecule has 0 radical (unpaired) electrons. The Labute approximate surface area is 192 Å². The van der Waals surface area contributed by atoms with E-state index in [1.165, 1.54) is 48.5 Å². The Hall–Kier alpha value is -3.25. The van der Waals surface area contributed by atoms with E-state index in [9.17, 15) is 21.6 Å². The molecule has 174 valence electrons. The quantitative estimate of drug-likeness (QED) is 0.421. The standard InChI is InChI=1S/C22H23N3O6S2/c1-16(17-5-3-2-4-6-17)25-33(29,30)21-13-9-19(10-14-21)31-15-22(26)24-18-7-11-20(12-8-18)32(23,27)28/h2-14,16,25H,15H2,1H3,(H,24,26)(H2,23,27,28)/t16-/m0/s1. The van der Waals surface area contributed by atoms with Crippen LogP contribution in [-0.4, -0.2) is 29.3 Å². The molecule has 0 heterocycles. The Balaban J connectivity index is 1.55. The van der Waals surface area contributed by atoms with E-state index >= 15 is 0 Å². The lowest BCUT2D eigenvalue weighted by Gasteiger charge is -2.15. The van der Waals surface area contributed by atoms with Gasteiger partial charge in [0.25, 0.3) is 5.91 Å². The van der Waals surface area contributed by atoms with Crippen LogP contribution in [-0.2, 0) is 24.8 Å². The first-order valence-electron chi connectivity index (χ1n) is 9.77. The Bertz CT molecular complexity index is 1310. The van der Waals surface area contributed by atoms with Crippen LogP contribution in [0.1, 0.15) is 18.5 Å². The van der Waals surface area contributed by atoms with Crippen molar-refractivity contribution in [2.45, 2.75) is 22.8 Å². The van der Waals surface area contributed by atoms with Crippen LogP contribution in [0.2, 0.25) is 0 Å². The third-order valence-corrected chi connectivity index (χ3v) is 7.09. The zero-order valence-corrected chi connectivity index (χ0v) is 19.3. The molecule has 0 aliphatic rings. The summed E-state index contributed by atoms with van der Waals surface area (Å²) in [5, 5.41) is 7.59. The van der Waals surface area contributed by atoms with Gasteiger partial charge in [-0.1, -0.05) is 30.3 Å². The summed E-state index contributed by atoms with van der Waals surface area (Å²) in [6.07, 6.45) is 0. The first-order chi connectivity index (χ1) is 15.5. The Morgan fingerprint density at radius 3 is 2.03 bits per heavy atom. The largest absolute Gasteiger partial charge is 0.484 e. The van der Waals surface area contributed by atoms with Gasteiger partial charge < -0.3 is 10.1 Å². The average Bonchev–Trinajstić information content (AvgIpc) is 2.78. The molecule has 3 aromatic rings. The molecule has 0 saturated carbocycles. The molecule has 0 saturated heterocycles. The van der Waals surface area contributed by atoms with Crippen LogP contribution in [0.15, 0.2) is 88.7 Å². The van der Waals surface area contributed by atoms with Gasteiger partial charge in [0.1, 0.15) is 5.75 Å². The predicted molar refractivity (Wildman–Crippen MR) is 124 cm³/mol. The number of carbonyl (C=O) groups excluding carboxylic acids is 1. The summed E-state index contributed by atoms with van der Waals surface area (Å²) in [6, 6.07) is 19.8. The molecule has 0 aliphatic heterocycles. The van der Waals surface area contributed by atoms with Crippen molar-refractivity contribution in [2.75, 3.05) is 11.9 Å². The van der Waals surface area contributed by atoms with Crippen molar-refractivity contribution in [3.8, 4) is 5.75 Å². The highest BCUT2D eigenvalue weighted by Gasteiger charge is 2.18. The maximum atomic E-state index is 12.6. The lowest BCUT2D eigenvalue weighted by atomic mass is 10.1. The van der Waals surface area contributed by atoms with E-state index in [0.717, 1.165) is 5.56 Å². The fourth-order valence-electron chi connectivity index (χ4n) is 2.90. The SMILES string of the molecule is C[C@H](NS(=O)(=O)c1ccc(OCC(=O)Nc2ccc(S(N)(=O)=O)cc2)cc1)c1ccccc1. The van der Waals surface area contributed by atoms with Crippen LogP contribution in [0.5, 0.6) is 5.75 Å². The lowest BCUT2D eigenvalue weighted by Crippen LogP contribution is -2.26. The molecular weight excluding hydrogens is 466 g/mol. The summed E-state index contributed by atoms with van der Waals surface area (Å²) in [4.78, 5) is 12.1. The average molecular weight is 490 g/mol. The Morgan fingerprint density at radius 1 is 0.879 bits per heavy atom. The molecule has 11 heteroatoms. The molecule has 4 N–H and O–H groups in total. The first kappa shape index (κ1) is 24.4. The van der Waals surface area contributed by atoms with Crippen LogP contribution in [0.25, 0.3) is 0 Å². The van der Waals surface area contributed by atoms with E-state index in [1.807, 2.05) is 30.3 Å². The number of sulfonamides is 2. The van der Waals surface area contributed by atoms with Crippen molar-refractivity contribution in [1.29, 1.82) is 0 Å². The Morgan fingerprint density at radius 2 is 1.45 bits per heavy atom. The van der Waals surface area contributed by atoms with Crippen molar-refractivity contribution >= 4 is 31.6 Å². The number of ether oxygens (including phenoxy) is 1. The summed E-state index contributed by atoms with van der Waals surface area (Å²) in [7, 11) is -7.56. The third kappa shape index (κ3) is 6.86. The third-order valence-electron chi connectivity index (χ3n) is 4.60. The van der Waals surface area contributed by atoms with Gasteiger partial charge in [-0.2, -0.15) is 0 Å². The summed E-state index contributed by atoms with van der Waals surface area (Å²) >= 11 is 0. The van der Waals surface area contributed by atoms with E-state index in [4.69, 9.17) is 9.88 Å². The molecular formula is C22H23N3O6S2. The molecule has 3 rings (SSSR count). The number of benzene rings is 3. The summed E-state index contributed by atoms with van der Waals surface area (Å²) in [6.45, 7) is 1.43. The van der Waals surface area contributed by atoms with Crippen molar-refractivity contribution < 1.29 is 26.4 Å². The highest BCUT2D eigenvalue weighted by Crippen LogP contribution is 2.20. The maximum Gasteiger partial charge on any atom is 0.262 e. The maximum absolute atomic E-state index is 12.6. The topological polar surface area (TPSA) is 145 Å². The zero-order chi connectivity index (χ0) is 24.1. The highest BCUT2D eigenvalue weighted by molar-refractivity contribution is 7.89. The van der Waals surface area contributed by atoms with E-state index < -0.39 is 32.0 Å². The van der Waals surface area contributed by atoms with Gasteiger partial charge in [-0.05, 0) is 61.0 Å². The van der Waals surface area contributed by atoms with Gasteiger partial charge in [-0.15, -0.1) is 0 Å². The van der Waals surface area contributed by atoms with Gasteiger partial charge in [0.05, 0.1) is 9.79 Å². The second-order valence-corrected chi connectivity index (χ2v) is 10.4. The van der Waals surface area contributed by atoms with Gasteiger partial charge in [-0.25, -0.2) is 26.7 Å². The number of hydrogen-bond donors (Lipinski definition) is 3. The summed E-state index contributed by atoms with van der Waals surface area (Å²) in [5.41, 5.74) is 1.21. The van der Waals surface area contributed by atoms with E-state index in [2.05, 4.69) is 10.0 Å². The summed E-state index contributed by atoms with van der Waals surface area (Å²) < 4.78 is 55.8. The molecule has 1 atom stereocenters. The normalized spacial score (nSPS) is 12.7. The fraction of sp³-hybridized carbons (Fsp3) is 0.136. The van der Waals surface area contributed by atoms with Crippen LogP contribution < -0.4 is 19.9 Å². The molecule has 3 aromatic carbocycles. The molecule has 0 fully saturated rings. The van der Waals surface area contributed by atoms with Gasteiger partial charge in [0, 0.05) is 11.7 Å². The second kappa shape index (κ2) is 10.1. The van der Waals surface area contributed by atoms with Crippen LogP contribution in [0.3, 0.4) is 0 Å². The van der Waals surface area contributed by atoms with Crippen molar-refractivity contribution in [3.05, 3.63) is 84.4 Å². The molecule has 0 aliphatic carbocycles. The van der Waals surface area contributed by atoms with Gasteiger partial charge >= 0.3 is 0 Å². The number of anilines is 1. The monoisotopic (exact) mass is 489 g/mol. The molecule has 1 amide bonds. The number of rotatable bonds is 9. The molecule has 0 aromatic heterocycles. The van der Waals surface area contributed by atoms with Crippen LogP contribution in [0, 0.1) is 0 Å². The van der Waals surface area contributed by atoms with E-state index in [0.29, 0.717) is 11.4 Å². The van der Waals surface area contributed by atoms with E-state index in [-0.39, 0.29) is 16.4 Å². The van der Waals surface area contributed by atoms with Crippen LogP contribution in [0.4, 0.5) is 5.69 Å². The Kier molecular flexibility index (Phi) is 7.49. The number of nitrogens with one attached hydrogen (secondary N) is 2. The minimum Gasteiger partial charge on any atom is -0.484 e. The van der Waals surface area contributed by atoms with Crippen LogP contribution >= 0.6 is 0 Å². The second-order valence-electron chi connectivity index (χ2n) is 7.13. The predicted octanol–water partition coefficient (Wildman–Crippen LogP) is 2.39. The molecule has 0 unspecified atom stereocenters. The molecule has 0 bridgehead atoms. The van der Waals surface area contributed by atoms with Crippen molar-refractivity contribution in [1.82, 2.24) is 4.72 Å². The molecule has 0 spiro atoms. The summed E-state index contributed by atoms with van der Waals surface area (Å²) in [5.74, 6) is -0.168. The van der Waals surface area contributed by atoms with Crippen molar-refractivity contribution in [2.24, 2.45) is 5.14 Å². The minimum absolute atomic E-state index is 0.0667. The zero-order valence-electron chi connectivity index (χ0n) is 17.6. The lowest BCUT2D eigenvalue weighted by molar-refractivity contribution is -0.118. The number of hydrogen-bond acceptors (Lipinski definition) is 6. The number of carbonyl (C=O) groups is 1. The molecule has 33 heavy (non-hydrogen) atoms. The van der Waals surface area contributed by atoms with Gasteiger partial charge in [0.15, 0.2) is 6.61 Å². The van der Waals surface area contributed by atoms with Crippen molar-refractivity contribution in [3.63, 3.8) is 0 Å². The minimum atomic E-state index is -3.81. The van der Waals surface area contributed by atoms with Gasteiger partial charge in [-0.3, -0.25) is 4.79 Å². The number of amides is 1. The first-order valence-corrected chi connectivity index (χ1v) is 12.8. The smallest absolute Gasteiger partial charge is 0.262 e. The number of primary sulfonamides is 1. The highest BCUT2D eigenvalue weighted by atomic mass is 32.2. The van der Waals surface area contributed by atoms with E-state index in [1.54, 1.807) is 6.92 Å². The molecule has 9 nitrogen and oxygen atoms in total. The van der Waals surface area contributed by atoms with Gasteiger partial charge in [0.2, 0.25) is 20.0 Å². The fourth-order valence-corrected chi connectivity index (χ4v) is 4.65. The number of nitrogens with two attached hydrogens (primary N) is 1.